The Kier molecular flexibility index (Phi) is 3.54. The first-order chi connectivity index (χ1) is 13.8. The maximum atomic E-state index is 4.83. The lowest BCUT2D eigenvalue weighted by Crippen LogP contribution is -2.20. The molecule has 2 heterocycles. The second-order valence-electron chi connectivity index (χ2n) is 6.97. The molecule has 0 saturated heterocycles. The first-order valence-corrected chi connectivity index (χ1v) is 11.3. The van der Waals surface area contributed by atoms with Crippen molar-refractivity contribution in [3.05, 3.63) is 105 Å². The van der Waals surface area contributed by atoms with Crippen LogP contribution in [0.3, 0.4) is 0 Å². The van der Waals surface area contributed by atoms with Crippen molar-refractivity contribution in [1.29, 1.82) is 0 Å². The van der Waals surface area contributed by atoms with E-state index in [4.69, 9.17) is 9.98 Å². The molecular weight excluding hydrogens is 372 g/mol. The molecule has 2 aliphatic rings. The molecule has 0 spiro atoms. The van der Waals surface area contributed by atoms with Gasteiger partial charge in [0, 0.05) is 0 Å². The van der Waals surface area contributed by atoms with E-state index in [1.54, 1.807) is 0 Å². The van der Waals surface area contributed by atoms with Gasteiger partial charge in [-0.1, -0.05) is 48.5 Å². The smallest absolute Gasteiger partial charge is 0.0744 e. The van der Waals surface area contributed by atoms with Gasteiger partial charge in [-0.25, -0.2) is 9.98 Å². The minimum Gasteiger partial charge on any atom is -0.249 e. The number of fused-ring (bicyclic) bond motifs is 4. The highest BCUT2D eigenvalue weighted by Crippen LogP contribution is 2.18. The summed E-state index contributed by atoms with van der Waals surface area (Å²) in [6.45, 7) is 0. The second-order valence-corrected chi connectivity index (χ2v) is 9.63. The topological polar surface area (TPSA) is 24.7 Å². The van der Waals surface area contributed by atoms with E-state index in [1.807, 2.05) is 0 Å². The predicted octanol–water partition coefficient (Wildman–Crippen LogP) is 2.44. The fourth-order valence-electron chi connectivity index (χ4n) is 3.73. The van der Waals surface area contributed by atoms with Crippen LogP contribution < -0.4 is 21.1 Å². The number of nitrogens with zero attached hydrogens (tertiary/aromatic N) is 2. The zero-order valence-electron chi connectivity index (χ0n) is 15.0. The van der Waals surface area contributed by atoms with Crippen molar-refractivity contribution in [1.82, 2.24) is 0 Å². The molecule has 0 amide bonds. The first-order valence-electron chi connectivity index (χ1n) is 9.28. The Morgan fingerprint density at radius 1 is 0.500 bits per heavy atom. The zero-order chi connectivity index (χ0) is 18.5. The Balaban J connectivity index is 1.50. The Morgan fingerprint density at radius 3 is 1.46 bits per heavy atom. The first kappa shape index (κ1) is 15.9. The Bertz CT molecular complexity index is 1400. The normalized spacial score (nSPS) is 12.7. The van der Waals surface area contributed by atoms with E-state index in [2.05, 4.69) is 84.9 Å². The Morgan fingerprint density at radius 2 is 0.964 bits per heavy atom. The highest BCUT2D eigenvalue weighted by atomic mass is 28.2. The molecule has 0 fully saturated rings. The molecule has 0 atom stereocenters. The van der Waals surface area contributed by atoms with Crippen LogP contribution in [0.15, 0.2) is 94.9 Å². The monoisotopic (exact) mass is 386 g/mol. The molecule has 0 bridgehead atoms. The molecule has 2 nitrogen and oxygen atoms in total. The zero-order valence-corrected chi connectivity index (χ0v) is 17.0. The maximum absolute atomic E-state index is 4.83. The molecule has 128 valence electrons. The largest absolute Gasteiger partial charge is 0.249 e. The lowest BCUT2D eigenvalue weighted by molar-refractivity contribution is 1.31. The number of hydrogen-bond acceptors (Lipinski definition) is 2. The summed E-state index contributed by atoms with van der Waals surface area (Å²) in [5, 5.41) is 4.86. The van der Waals surface area contributed by atoms with Crippen molar-refractivity contribution in [2.75, 3.05) is 0 Å². The summed E-state index contributed by atoms with van der Waals surface area (Å²) < 4.78 is 0. The van der Waals surface area contributed by atoms with E-state index < -0.39 is 0 Å². The van der Waals surface area contributed by atoms with Gasteiger partial charge in [0.15, 0.2) is 0 Å². The van der Waals surface area contributed by atoms with Crippen LogP contribution in [0.5, 0.6) is 0 Å². The quantitative estimate of drug-likeness (QED) is 0.388. The number of para-hydroxylation sites is 2. The van der Waals surface area contributed by atoms with Crippen LogP contribution >= 0.6 is 0 Å². The molecular formula is C24H14N2Si2. The van der Waals surface area contributed by atoms with Crippen LogP contribution in [0.25, 0.3) is 11.1 Å². The van der Waals surface area contributed by atoms with Crippen molar-refractivity contribution in [2.45, 2.75) is 0 Å². The van der Waals surface area contributed by atoms with Crippen molar-refractivity contribution in [3.8, 4) is 11.1 Å². The van der Waals surface area contributed by atoms with E-state index in [9.17, 15) is 0 Å². The molecule has 2 aliphatic heterocycles. The standard InChI is InChI=1S/C24H14N2Si2/c1-3-7-21-17(5-1)25-19-11-9-15(13-23(19)27-21)16-10-12-20-24(14-16)28-22-8-4-2-6-18(22)26-20/h1-14H. The molecule has 4 heteroatoms. The SMILES string of the molecule is c1ccc2c(c1)N=c1ccc(-c3ccc4c(c3)=[Si]c3ccccc3N=4)cc1=[Si]2. The van der Waals surface area contributed by atoms with Crippen LogP contribution in [-0.4, -0.2) is 18.3 Å². The number of rotatable bonds is 1. The third-order valence-electron chi connectivity index (χ3n) is 5.16. The van der Waals surface area contributed by atoms with Gasteiger partial charge in [-0.15, -0.1) is 0 Å². The Labute approximate surface area is 166 Å². The molecule has 0 saturated carbocycles. The van der Waals surface area contributed by atoms with Gasteiger partial charge >= 0.3 is 0 Å². The molecule has 0 N–H and O–H groups in total. The molecule has 4 aromatic rings. The molecule has 0 unspecified atom stereocenters. The Hall–Kier alpha value is -3.09. The summed E-state index contributed by atoms with van der Waals surface area (Å²) in [7, 11) is 1.31. The summed E-state index contributed by atoms with van der Waals surface area (Å²) >= 11 is 0. The van der Waals surface area contributed by atoms with Crippen molar-refractivity contribution >= 4 is 40.0 Å². The van der Waals surface area contributed by atoms with E-state index in [0.29, 0.717) is 18.3 Å². The van der Waals surface area contributed by atoms with E-state index in [1.165, 1.54) is 31.1 Å². The van der Waals surface area contributed by atoms with Crippen LogP contribution in [0, 0.1) is 9.63 Å². The van der Waals surface area contributed by atoms with Gasteiger partial charge in [0.1, 0.15) is 0 Å². The summed E-state index contributed by atoms with van der Waals surface area (Å²) in [5.41, 5.74) is 4.73. The van der Waals surface area contributed by atoms with Gasteiger partial charge in [-0.2, -0.15) is 0 Å². The van der Waals surface area contributed by atoms with Gasteiger partial charge in [0.25, 0.3) is 0 Å². The number of benzene rings is 4. The second kappa shape index (κ2) is 6.22. The van der Waals surface area contributed by atoms with Crippen LogP contribution in [0.1, 0.15) is 0 Å². The lowest BCUT2D eigenvalue weighted by atomic mass is 10.1. The highest BCUT2D eigenvalue weighted by Gasteiger charge is 2.07. The molecule has 2 radical (unpaired) electrons. The van der Waals surface area contributed by atoms with Crippen LogP contribution in [-0.2, 0) is 0 Å². The van der Waals surface area contributed by atoms with Crippen LogP contribution in [0.2, 0.25) is 0 Å². The molecule has 4 aromatic carbocycles. The van der Waals surface area contributed by atoms with E-state index >= 15 is 0 Å². The predicted molar refractivity (Wildman–Crippen MR) is 115 cm³/mol. The minimum absolute atomic E-state index is 0.657. The molecule has 28 heavy (non-hydrogen) atoms. The fraction of sp³-hybridized carbons (Fsp3) is 0. The average molecular weight is 387 g/mol. The van der Waals surface area contributed by atoms with Gasteiger partial charge in [0.2, 0.25) is 0 Å². The van der Waals surface area contributed by atoms with E-state index in [-0.39, 0.29) is 0 Å². The van der Waals surface area contributed by atoms with Crippen molar-refractivity contribution < 1.29 is 0 Å². The van der Waals surface area contributed by atoms with Gasteiger partial charge < -0.3 is 0 Å². The van der Waals surface area contributed by atoms with Crippen LogP contribution in [0.4, 0.5) is 11.4 Å². The summed E-state index contributed by atoms with van der Waals surface area (Å²) in [6.07, 6.45) is 0. The average Bonchev–Trinajstić information content (AvgIpc) is 2.75. The van der Waals surface area contributed by atoms with Crippen molar-refractivity contribution in [2.24, 2.45) is 9.98 Å². The van der Waals surface area contributed by atoms with Gasteiger partial charge in [-0.3, -0.25) is 0 Å². The van der Waals surface area contributed by atoms with Gasteiger partial charge in [0.05, 0.1) is 40.4 Å². The van der Waals surface area contributed by atoms with E-state index in [0.717, 1.165) is 22.1 Å². The lowest BCUT2D eigenvalue weighted by Gasteiger charge is -2.09. The third kappa shape index (κ3) is 2.61. The molecule has 6 rings (SSSR count). The van der Waals surface area contributed by atoms with Crippen molar-refractivity contribution in [3.63, 3.8) is 0 Å². The molecule has 0 aromatic heterocycles. The maximum Gasteiger partial charge on any atom is 0.0744 e. The number of hydrogen-bond donors (Lipinski definition) is 0. The summed E-state index contributed by atoms with van der Waals surface area (Å²) in [4.78, 5) is 12.3. The third-order valence-corrected chi connectivity index (χ3v) is 7.88. The minimum atomic E-state index is 0.657. The summed E-state index contributed by atoms with van der Waals surface area (Å²) in [6, 6.07) is 30.2. The fourth-order valence-corrected chi connectivity index (χ4v) is 6.19. The molecule has 0 aliphatic carbocycles. The highest BCUT2D eigenvalue weighted by molar-refractivity contribution is 6.49. The van der Waals surface area contributed by atoms with Gasteiger partial charge in [-0.05, 0) is 67.5 Å². The summed E-state index contributed by atoms with van der Waals surface area (Å²) in [5.74, 6) is 0.